The van der Waals surface area contributed by atoms with Crippen LogP contribution < -0.4 is 0 Å². The van der Waals surface area contributed by atoms with Gasteiger partial charge in [-0.2, -0.15) is 5.26 Å². The predicted octanol–water partition coefficient (Wildman–Crippen LogP) is 2.35. The van der Waals surface area contributed by atoms with Crippen LogP contribution >= 0.6 is 0 Å². The topological polar surface area (TPSA) is 49.8 Å². The Morgan fingerprint density at radius 3 is 3.00 bits per heavy atom. The largest absolute Gasteiger partial charge is 0.442 e. The van der Waals surface area contributed by atoms with Crippen molar-refractivity contribution in [1.29, 1.82) is 5.26 Å². The van der Waals surface area contributed by atoms with Crippen LogP contribution in [0.4, 0.5) is 4.39 Å². The molecule has 1 heterocycles. The predicted molar refractivity (Wildman–Crippen MR) is 46.6 cm³/mol. The van der Waals surface area contributed by atoms with Crippen molar-refractivity contribution < 1.29 is 8.81 Å². The van der Waals surface area contributed by atoms with Crippen molar-refractivity contribution in [2.45, 2.75) is 0 Å². The van der Waals surface area contributed by atoms with E-state index < -0.39 is 0 Å². The number of hydrogen-bond acceptors (Lipinski definition) is 3. The molecule has 0 saturated heterocycles. The van der Waals surface area contributed by atoms with Crippen LogP contribution in [0.2, 0.25) is 0 Å². The highest BCUT2D eigenvalue weighted by Crippen LogP contribution is 2.22. The molecule has 4 heteroatoms. The summed E-state index contributed by atoms with van der Waals surface area (Å²) in [4.78, 5) is 3.69. The van der Waals surface area contributed by atoms with Gasteiger partial charge in [0.25, 0.3) is 0 Å². The molecule has 0 radical (unpaired) electrons. The van der Waals surface area contributed by atoms with Crippen molar-refractivity contribution in [1.82, 2.24) is 4.98 Å². The van der Waals surface area contributed by atoms with Crippen LogP contribution in [0.1, 0.15) is 5.69 Å². The van der Waals surface area contributed by atoms with Gasteiger partial charge in [-0.05, 0) is 12.1 Å². The van der Waals surface area contributed by atoms with Crippen LogP contribution in [0.25, 0.3) is 11.3 Å². The lowest BCUT2D eigenvalue weighted by Gasteiger charge is -1.95. The molecule has 1 aromatic carbocycles. The molecular weight excluding hydrogens is 183 g/mol. The summed E-state index contributed by atoms with van der Waals surface area (Å²) in [6.45, 7) is 0. The second-order valence-electron chi connectivity index (χ2n) is 2.65. The van der Waals surface area contributed by atoms with Crippen molar-refractivity contribution in [2.75, 3.05) is 0 Å². The van der Waals surface area contributed by atoms with E-state index in [1.165, 1.54) is 18.5 Å². The molecular formula is C10H5FN2O. The van der Waals surface area contributed by atoms with E-state index in [9.17, 15) is 4.39 Å². The minimum Gasteiger partial charge on any atom is -0.442 e. The Bertz CT molecular complexity index is 499. The average molecular weight is 188 g/mol. The molecule has 0 unspecified atom stereocenters. The molecule has 14 heavy (non-hydrogen) atoms. The van der Waals surface area contributed by atoms with E-state index in [0.717, 1.165) is 0 Å². The molecule has 0 atom stereocenters. The molecule has 0 fully saturated rings. The fraction of sp³-hybridized carbons (Fsp3) is 0. The van der Waals surface area contributed by atoms with Crippen LogP contribution in [0, 0.1) is 17.1 Å². The number of rotatable bonds is 1. The summed E-state index contributed by atoms with van der Waals surface area (Å²) in [7, 11) is 0. The molecule has 0 aliphatic rings. The summed E-state index contributed by atoms with van der Waals surface area (Å²) in [5, 5.41) is 8.67. The van der Waals surface area contributed by atoms with Gasteiger partial charge in [-0.3, -0.25) is 0 Å². The van der Waals surface area contributed by atoms with Crippen LogP contribution in [0.3, 0.4) is 0 Å². The van der Waals surface area contributed by atoms with Crippen molar-refractivity contribution >= 4 is 0 Å². The van der Waals surface area contributed by atoms with E-state index in [0.29, 0.717) is 11.3 Å². The van der Waals surface area contributed by atoms with E-state index in [1.807, 2.05) is 6.07 Å². The van der Waals surface area contributed by atoms with E-state index >= 15 is 0 Å². The molecule has 2 rings (SSSR count). The summed E-state index contributed by atoms with van der Waals surface area (Å²) in [5.41, 5.74) is 0.676. The Morgan fingerprint density at radius 1 is 1.43 bits per heavy atom. The monoisotopic (exact) mass is 188 g/mol. The number of hydrogen-bond donors (Lipinski definition) is 0. The van der Waals surface area contributed by atoms with E-state index in [1.54, 1.807) is 12.1 Å². The summed E-state index contributed by atoms with van der Waals surface area (Å²) < 4.78 is 17.8. The Labute approximate surface area is 79.4 Å². The van der Waals surface area contributed by atoms with Crippen molar-refractivity contribution in [3.63, 3.8) is 0 Å². The first kappa shape index (κ1) is 8.45. The first-order valence-electron chi connectivity index (χ1n) is 3.91. The Balaban J connectivity index is 2.56. The molecule has 0 aliphatic carbocycles. The molecule has 0 saturated carbocycles. The lowest BCUT2D eigenvalue weighted by atomic mass is 10.1. The fourth-order valence-electron chi connectivity index (χ4n) is 1.16. The van der Waals surface area contributed by atoms with Crippen LogP contribution in [0.15, 0.2) is 35.1 Å². The van der Waals surface area contributed by atoms with Gasteiger partial charge in [0.05, 0.1) is 0 Å². The number of halogens is 1. The number of oxazole rings is 1. The third-order valence-corrected chi connectivity index (χ3v) is 1.76. The standard InChI is InChI=1S/C10H5FN2O/c11-8-3-1-2-7(4-8)10-9(5-12)13-6-14-10/h1-4,6H. The summed E-state index contributed by atoms with van der Waals surface area (Å²) in [5.74, 6) is -0.0743. The van der Waals surface area contributed by atoms with Gasteiger partial charge in [0.2, 0.25) is 0 Å². The molecule has 0 amide bonds. The fourth-order valence-corrected chi connectivity index (χ4v) is 1.16. The zero-order chi connectivity index (χ0) is 9.97. The quantitative estimate of drug-likeness (QED) is 0.690. The number of nitriles is 1. The minimum absolute atomic E-state index is 0.163. The highest BCUT2D eigenvalue weighted by atomic mass is 19.1. The van der Waals surface area contributed by atoms with Gasteiger partial charge in [-0.25, -0.2) is 9.37 Å². The summed E-state index contributed by atoms with van der Waals surface area (Å²) in [6.07, 6.45) is 1.17. The van der Waals surface area contributed by atoms with E-state index in [-0.39, 0.29) is 11.5 Å². The van der Waals surface area contributed by atoms with Gasteiger partial charge in [-0.15, -0.1) is 0 Å². The third-order valence-electron chi connectivity index (χ3n) is 1.76. The molecule has 0 aliphatic heterocycles. The zero-order valence-electron chi connectivity index (χ0n) is 7.07. The zero-order valence-corrected chi connectivity index (χ0v) is 7.07. The van der Waals surface area contributed by atoms with Gasteiger partial charge in [0.1, 0.15) is 11.9 Å². The highest BCUT2D eigenvalue weighted by molar-refractivity contribution is 5.62. The normalized spacial score (nSPS) is 9.71. The second kappa shape index (κ2) is 3.30. The third kappa shape index (κ3) is 1.36. The van der Waals surface area contributed by atoms with Crippen LogP contribution in [-0.2, 0) is 0 Å². The SMILES string of the molecule is N#Cc1ncoc1-c1cccc(F)c1. The molecule has 1 aromatic heterocycles. The maximum absolute atomic E-state index is 12.8. The van der Waals surface area contributed by atoms with Crippen molar-refractivity contribution in [3.8, 4) is 17.4 Å². The van der Waals surface area contributed by atoms with Gasteiger partial charge in [0.15, 0.2) is 17.8 Å². The Kier molecular flexibility index (Phi) is 1.99. The Morgan fingerprint density at radius 2 is 2.29 bits per heavy atom. The maximum Gasteiger partial charge on any atom is 0.187 e. The van der Waals surface area contributed by atoms with Crippen LogP contribution in [-0.4, -0.2) is 4.98 Å². The summed E-state index contributed by atoms with van der Waals surface area (Å²) >= 11 is 0. The molecule has 0 N–H and O–H groups in total. The van der Waals surface area contributed by atoms with Crippen LogP contribution in [0.5, 0.6) is 0 Å². The molecule has 0 spiro atoms. The Hall–Kier alpha value is -2.15. The molecule has 3 nitrogen and oxygen atoms in total. The number of benzene rings is 1. The van der Waals surface area contributed by atoms with E-state index in [2.05, 4.69) is 4.98 Å². The second-order valence-corrected chi connectivity index (χ2v) is 2.65. The minimum atomic E-state index is -0.372. The number of nitrogens with zero attached hydrogens (tertiary/aromatic N) is 2. The smallest absolute Gasteiger partial charge is 0.187 e. The highest BCUT2D eigenvalue weighted by Gasteiger charge is 2.10. The molecule has 0 bridgehead atoms. The number of aromatic nitrogens is 1. The van der Waals surface area contributed by atoms with Gasteiger partial charge in [0, 0.05) is 5.56 Å². The lowest BCUT2D eigenvalue weighted by molar-refractivity contribution is 0.570. The van der Waals surface area contributed by atoms with Crippen molar-refractivity contribution in [3.05, 3.63) is 42.2 Å². The van der Waals surface area contributed by atoms with Crippen molar-refractivity contribution in [2.24, 2.45) is 0 Å². The summed E-state index contributed by atoms with van der Waals surface area (Å²) in [6, 6.07) is 7.69. The molecule has 68 valence electrons. The van der Waals surface area contributed by atoms with Gasteiger partial charge < -0.3 is 4.42 Å². The van der Waals surface area contributed by atoms with Gasteiger partial charge in [-0.1, -0.05) is 12.1 Å². The average Bonchev–Trinajstić information content (AvgIpc) is 2.65. The van der Waals surface area contributed by atoms with Gasteiger partial charge >= 0.3 is 0 Å². The first-order chi connectivity index (χ1) is 6.81. The first-order valence-corrected chi connectivity index (χ1v) is 3.91. The molecule has 2 aromatic rings. The van der Waals surface area contributed by atoms with E-state index in [4.69, 9.17) is 9.68 Å². The maximum atomic E-state index is 12.8. The lowest BCUT2D eigenvalue weighted by Crippen LogP contribution is -1.81.